The van der Waals surface area contributed by atoms with Gasteiger partial charge in [0.2, 0.25) is 0 Å². The highest BCUT2D eigenvalue weighted by Gasteiger charge is 2.28. The van der Waals surface area contributed by atoms with Gasteiger partial charge in [0.05, 0.1) is 4.70 Å². The number of nitrogens with zero attached hydrogens (tertiary/aromatic N) is 3. The van der Waals surface area contributed by atoms with E-state index < -0.39 is 0 Å². The lowest BCUT2D eigenvalue weighted by Crippen LogP contribution is -2.54. The molecule has 2 fully saturated rings. The van der Waals surface area contributed by atoms with Crippen molar-refractivity contribution in [3.8, 4) is 0 Å². The van der Waals surface area contributed by atoms with Gasteiger partial charge in [0.15, 0.2) is 0 Å². The normalized spacial score (nSPS) is 18.5. The maximum absolute atomic E-state index is 12.9. The summed E-state index contributed by atoms with van der Waals surface area (Å²) in [4.78, 5) is 28.9. The van der Waals surface area contributed by atoms with E-state index in [-0.39, 0.29) is 11.9 Å². The number of carbonyl (C=O) groups excluding carboxylic acids is 2. The number of amides is 3. The zero-order chi connectivity index (χ0) is 18.1. The van der Waals surface area contributed by atoms with Gasteiger partial charge in [-0.1, -0.05) is 24.5 Å². The van der Waals surface area contributed by atoms with Gasteiger partial charge in [0.1, 0.15) is 5.69 Å². The zero-order valence-corrected chi connectivity index (χ0v) is 15.8. The summed E-state index contributed by atoms with van der Waals surface area (Å²) in [7, 11) is 0. The summed E-state index contributed by atoms with van der Waals surface area (Å²) in [5.74, 6) is -0.0299. The van der Waals surface area contributed by atoms with Gasteiger partial charge in [-0.15, -0.1) is 0 Å². The number of aromatic nitrogens is 1. The minimum Gasteiger partial charge on any atom is -0.335 e. The Morgan fingerprint density at radius 1 is 1.12 bits per heavy atom. The first-order chi connectivity index (χ1) is 12.6. The average molecular weight is 372 g/mol. The molecule has 0 bridgehead atoms. The van der Waals surface area contributed by atoms with Crippen molar-refractivity contribution in [2.24, 2.45) is 0 Å². The Bertz CT molecular complexity index is 820. The summed E-state index contributed by atoms with van der Waals surface area (Å²) in [6.45, 7) is 4.29. The lowest BCUT2D eigenvalue weighted by Gasteiger charge is -2.35. The van der Waals surface area contributed by atoms with Crippen LogP contribution in [0.1, 0.15) is 41.7 Å². The number of fused-ring (bicyclic) bond motifs is 1. The fraction of sp³-hybridized carbons (Fsp3) is 0.526. The van der Waals surface area contributed by atoms with E-state index in [2.05, 4.69) is 9.69 Å². The minimum absolute atomic E-state index is 0.0127. The molecule has 1 N–H and O–H groups in total. The summed E-state index contributed by atoms with van der Waals surface area (Å²) in [5, 5.41) is 4.06. The van der Waals surface area contributed by atoms with Crippen molar-refractivity contribution < 1.29 is 9.59 Å². The van der Waals surface area contributed by atoms with Crippen LogP contribution >= 0.6 is 11.5 Å². The largest absolute Gasteiger partial charge is 0.335 e. The van der Waals surface area contributed by atoms with E-state index in [0.717, 1.165) is 28.5 Å². The van der Waals surface area contributed by atoms with Gasteiger partial charge in [-0.25, -0.2) is 4.79 Å². The second-order valence-corrected chi connectivity index (χ2v) is 8.05. The molecule has 0 unspecified atom stereocenters. The molecule has 1 aromatic heterocycles. The van der Waals surface area contributed by atoms with E-state index in [1.165, 1.54) is 24.4 Å². The fourth-order valence-corrected chi connectivity index (χ4v) is 4.55. The predicted molar refractivity (Wildman–Crippen MR) is 103 cm³/mol. The van der Waals surface area contributed by atoms with Gasteiger partial charge < -0.3 is 15.1 Å². The number of nitrogens with one attached hydrogen (secondary N) is 1. The number of hydrogen-bond donors (Lipinski definition) is 1. The van der Waals surface area contributed by atoms with E-state index >= 15 is 0 Å². The van der Waals surface area contributed by atoms with Crippen molar-refractivity contribution in [3.63, 3.8) is 0 Å². The van der Waals surface area contributed by atoms with Crippen molar-refractivity contribution in [2.75, 3.05) is 26.2 Å². The maximum Gasteiger partial charge on any atom is 0.317 e. The van der Waals surface area contributed by atoms with Crippen LogP contribution < -0.4 is 5.32 Å². The van der Waals surface area contributed by atoms with Crippen molar-refractivity contribution in [3.05, 3.63) is 29.5 Å². The first-order valence-electron chi connectivity index (χ1n) is 9.32. The first-order valence-corrected chi connectivity index (χ1v) is 10.1. The minimum atomic E-state index is -0.0299. The van der Waals surface area contributed by atoms with Crippen LogP contribution in [0.3, 0.4) is 0 Å². The maximum atomic E-state index is 12.9. The third-order valence-electron chi connectivity index (χ3n) is 5.36. The second kappa shape index (κ2) is 7.23. The second-order valence-electron chi connectivity index (χ2n) is 7.24. The third kappa shape index (κ3) is 3.40. The number of rotatable bonds is 2. The molecule has 6 nitrogen and oxygen atoms in total. The monoisotopic (exact) mass is 372 g/mol. The lowest BCUT2D eigenvalue weighted by molar-refractivity contribution is 0.0661. The predicted octanol–water partition coefficient (Wildman–Crippen LogP) is 3.01. The van der Waals surface area contributed by atoms with Crippen LogP contribution in [0.4, 0.5) is 4.79 Å². The molecule has 3 amide bonds. The molecule has 138 valence electrons. The number of piperazine rings is 1. The lowest BCUT2D eigenvalue weighted by atomic mass is 10.1. The summed E-state index contributed by atoms with van der Waals surface area (Å²) >= 11 is 1.37. The third-order valence-corrected chi connectivity index (χ3v) is 6.19. The molecular formula is C19H24N4O2S. The molecule has 7 heteroatoms. The number of benzene rings is 1. The topological polar surface area (TPSA) is 65.5 Å². The molecule has 2 heterocycles. The van der Waals surface area contributed by atoms with E-state index in [1.54, 1.807) is 0 Å². The number of urea groups is 1. The van der Waals surface area contributed by atoms with E-state index in [9.17, 15) is 9.59 Å². The van der Waals surface area contributed by atoms with Gasteiger partial charge in [-0.2, -0.15) is 4.37 Å². The van der Waals surface area contributed by atoms with Crippen molar-refractivity contribution >= 4 is 33.6 Å². The summed E-state index contributed by atoms with van der Waals surface area (Å²) in [6, 6.07) is 6.42. The molecule has 2 aromatic rings. The van der Waals surface area contributed by atoms with E-state index in [1.807, 2.05) is 34.9 Å². The molecule has 26 heavy (non-hydrogen) atoms. The number of carbonyl (C=O) groups is 2. The standard InChI is InChI=1S/C19H24N4O2S/c1-13-6-7-16-15(12-13)17(21-26-16)18(24)22-8-10-23(11-9-22)19(25)20-14-4-2-3-5-14/h6-7,12,14H,2-5,8-11H2,1H3,(H,20,25). The van der Waals surface area contributed by atoms with Crippen LogP contribution in [-0.4, -0.2) is 58.3 Å². The van der Waals surface area contributed by atoms with E-state index in [0.29, 0.717) is 37.9 Å². The molecule has 0 spiro atoms. The van der Waals surface area contributed by atoms with Crippen molar-refractivity contribution in [2.45, 2.75) is 38.6 Å². The van der Waals surface area contributed by atoms with Crippen LogP contribution in [0.25, 0.3) is 10.1 Å². The number of aryl methyl sites for hydroxylation is 1. The molecule has 1 aromatic carbocycles. The van der Waals surface area contributed by atoms with Crippen LogP contribution in [0, 0.1) is 6.92 Å². The molecule has 0 radical (unpaired) electrons. The van der Waals surface area contributed by atoms with Crippen LogP contribution in [0.15, 0.2) is 18.2 Å². The number of hydrogen-bond acceptors (Lipinski definition) is 4. The van der Waals surface area contributed by atoms with Crippen LogP contribution in [0.5, 0.6) is 0 Å². The van der Waals surface area contributed by atoms with Gasteiger partial charge in [-0.3, -0.25) is 4.79 Å². The highest BCUT2D eigenvalue weighted by atomic mass is 32.1. The summed E-state index contributed by atoms with van der Waals surface area (Å²) in [6.07, 6.45) is 4.57. The molecule has 4 rings (SSSR count). The quantitative estimate of drug-likeness (QED) is 0.881. The molecule has 1 saturated heterocycles. The Morgan fingerprint density at radius 2 is 1.81 bits per heavy atom. The molecule has 1 aliphatic heterocycles. The Morgan fingerprint density at radius 3 is 2.54 bits per heavy atom. The zero-order valence-electron chi connectivity index (χ0n) is 15.0. The fourth-order valence-electron chi connectivity index (χ4n) is 3.81. The van der Waals surface area contributed by atoms with Gasteiger partial charge in [-0.05, 0) is 43.4 Å². The Labute approximate surface area is 157 Å². The van der Waals surface area contributed by atoms with Gasteiger partial charge >= 0.3 is 6.03 Å². The van der Waals surface area contributed by atoms with Crippen LogP contribution in [-0.2, 0) is 0 Å². The van der Waals surface area contributed by atoms with Crippen molar-refractivity contribution in [1.29, 1.82) is 0 Å². The SMILES string of the molecule is Cc1ccc2snc(C(=O)N3CCN(C(=O)NC4CCCC4)CC3)c2c1. The Balaban J connectivity index is 1.38. The highest BCUT2D eigenvalue weighted by molar-refractivity contribution is 7.13. The molecule has 1 aliphatic carbocycles. The molecule has 1 saturated carbocycles. The Kier molecular flexibility index (Phi) is 4.80. The van der Waals surface area contributed by atoms with Gasteiger partial charge in [0, 0.05) is 37.6 Å². The highest BCUT2D eigenvalue weighted by Crippen LogP contribution is 2.25. The molecule has 2 aliphatic rings. The Hall–Kier alpha value is -2.15. The molecule has 0 atom stereocenters. The first kappa shape index (κ1) is 17.3. The summed E-state index contributed by atoms with van der Waals surface area (Å²) < 4.78 is 5.43. The molecular weight excluding hydrogens is 348 g/mol. The summed E-state index contributed by atoms with van der Waals surface area (Å²) in [5.41, 5.74) is 1.66. The average Bonchev–Trinajstić information content (AvgIpc) is 3.30. The smallest absolute Gasteiger partial charge is 0.317 e. The van der Waals surface area contributed by atoms with Crippen molar-refractivity contribution in [1.82, 2.24) is 19.5 Å². The van der Waals surface area contributed by atoms with E-state index in [4.69, 9.17) is 0 Å². The van der Waals surface area contributed by atoms with Crippen LogP contribution in [0.2, 0.25) is 0 Å². The van der Waals surface area contributed by atoms with Gasteiger partial charge in [0.25, 0.3) is 5.91 Å².